The lowest BCUT2D eigenvalue weighted by Gasteiger charge is -2.05. The Bertz CT molecular complexity index is 753. The van der Waals surface area contributed by atoms with Crippen LogP contribution in [0.3, 0.4) is 0 Å². The van der Waals surface area contributed by atoms with Crippen molar-refractivity contribution in [3.05, 3.63) is 47.0 Å². The van der Waals surface area contributed by atoms with Crippen molar-refractivity contribution >= 4 is 17.0 Å². The van der Waals surface area contributed by atoms with E-state index >= 15 is 0 Å². The van der Waals surface area contributed by atoms with Crippen LogP contribution in [0.15, 0.2) is 24.3 Å². The van der Waals surface area contributed by atoms with E-state index in [0.717, 1.165) is 6.07 Å². The molecule has 3 N–H and O–H groups in total. The normalized spacial score (nSPS) is 11.1. The third-order valence-electron chi connectivity index (χ3n) is 2.79. The van der Waals surface area contributed by atoms with Crippen molar-refractivity contribution in [2.24, 2.45) is 0 Å². The van der Waals surface area contributed by atoms with Gasteiger partial charge in [-0.3, -0.25) is 0 Å². The van der Waals surface area contributed by atoms with E-state index in [2.05, 4.69) is 20.4 Å². The molecular weight excluding hydrogens is 252 g/mol. The van der Waals surface area contributed by atoms with Gasteiger partial charge in [0.05, 0.1) is 0 Å². The molecule has 19 heavy (non-hydrogen) atoms. The summed E-state index contributed by atoms with van der Waals surface area (Å²) < 4.78 is 26.5. The highest BCUT2D eigenvalue weighted by Crippen LogP contribution is 2.20. The van der Waals surface area contributed by atoms with E-state index < -0.39 is 11.6 Å². The first-order valence-corrected chi connectivity index (χ1v) is 5.53. The van der Waals surface area contributed by atoms with Crippen LogP contribution in [0.5, 0.6) is 0 Å². The minimum absolute atomic E-state index is 0.238. The first kappa shape index (κ1) is 11.5. The average Bonchev–Trinajstić information content (AvgIpc) is 2.80. The summed E-state index contributed by atoms with van der Waals surface area (Å²) in [4.78, 5) is 4.02. The molecule has 0 spiro atoms. The molecule has 1 aromatic carbocycles. The molecule has 0 amide bonds. The Balaban J connectivity index is 2.07. The van der Waals surface area contributed by atoms with Crippen molar-refractivity contribution < 1.29 is 8.78 Å². The van der Waals surface area contributed by atoms with Crippen molar-refractivity contribution in [3.8, 4) is 0 Å². The zero-order valence-corrected chi connectivity index (χ0v) is 9.69. The topological polar surface area (TPSA) is 80.5 Å². The molecule has 2 heterocycles. The Morgan fingerprint density at radius 2 is 2.00 bits per heavy atom. The molecule has 0 radical (unpaired) electrons. The van der Waals surface area contributed by atoms with Gasteiger partial charge in [0, 0.05) is 12.5 Å². The summed E-state index contributed by atoms with van der Waals surface area (Å²) in [5.41, 5.74) is 7.67. The van der Waals surface area contributed by atoms with Gasteiger partial charge in [-0.2, -0.15) is 0 Å². The fourth-order valence-corrected chi connectivity index (χ4v) is 1.93. The summed E-state index contributed by atoms with van der Waals surface area (Å²) in [6.07, 6.45) is 0.238. The second-order valence-corrected chi connectivity index (χ2v) is 4.13. The number of hydrogen-bond acceptors (Lipinski definition) is 4. The maximum absolute atomic E-state index is 13.6. The average molecular weight is 261 g/mol. The number of rotatable bonds is 2. The number of fused-ring (bicyclic) bond motifs is 1. The number of nitrogens with one attached hydrogen (secondary N) is 1. The van der Waals surface area contributed by atoms with Crippen LogP contribution in [-0.2, 0) is 6.42 Å². The molecule has 0 atom stereocenters. The maximum Gasteiger partial charge on any atom is 0.178 e. The zero-order valence-electron chi connectivity index (χ0n) is 9.69. The first-order valence-electron chi connectivity index (χ1n) is 5.53. The van der Waals surface area contributed by atoms with E-state index in [0.29, 0.717) is 22.3 Å². The standard InChI is InChI=1S/C12H9F2N5/c13-8-2-1-6(9(14)5-8)3-7-4-10(15)16-12-11(7)17-19-18-12/h1-2,4-5H,3H2,(H3,15,16,17,18,19). The van der Waals surface area contributed by atoms with Crippen LogP contribution >= 0.6 is 0 Å². The summed E-state index contributed by atoms with van der Waals surface area (Å²) in [7, 11) is 0. The summed E-state index contributed by atoms with van der Waals surface area (Å²) in [5.74, 6) is -0.926. The summed E-state index contributed by atoms with van der Waals surface area (Å²) in [6.45, 7) is 0. The highest BCUT2D eigenvalue weighted by Gasteiger charge is 2.11. The Morgan fingerprint density at radius 1 is 1.16 bits per heavy atom. The number of nitrogen functional groups attached to an aromatic ring is 1. The smallest absolute Gasteiger partial charge is 0.178 e. The monoisotopic (exact) mass is 261 g/mol. The lowest BCUT2D eigenvalue weighted by atomic mass is 10.0. The molecule has 3 aromatic rings. The van der Waals surface area contributed by atoms with Crippen LogP contribution in [0.2, 0.25) is 0 Å². The number of pyridine rings is 1. The number of nitrogens with zero attached hydrogens (tertiary/aromatic N) is 3. The van der Waals surface area contributed by atoms with Gasteiger partial charge in [-0.15, -0.1) is 5.10 Å². The van der Waals surface area contributed by atoms with Gasteiger partial charge in [0.15, 0.2) is 5.65 Å². The number of benzene rings is 1. The molecule has 5 nitrogen and oxygen atoms in total. The molecule has 3 rings (SSSR count). The largest absolute Gasteiger partial charge is 0.384 e. The molecule has 0 saturated heterocycles. The molecule has 0 fully saturated rings. The Labute approximate surface area is 106 Å². The van der Waals surface area contributed by atoms with Crippen molar-refractivity contribution in [1.82, 2.24) is 20.4 Å². The third-order valence-corrected chi connectivity index (χ3v) is 2.79. The van der Waals surface area contributed by atoms with Gasteiger partial charge in [0.2, 0.25) is 0 Å². The minimum Gasteiger partial charge on any atom is -0.384 e. The van der Waals surface area contributed by atoms with Crippen LogP contribution < -0.4 is 5.73 Å². The van der Waals surface area contributed by atoms with Crippen LogP contribution in [-0.4, -0.2) is 20.4 Å². The fraction of sp³-hybridized carbons (Fsp3) is 0.0833. The Kier molecular flexibility index (Phi) is 2.59. The van der Waals surface area contributed by atoms with Gasteiger partial charge in [0.25, 0.3) is 0 Å². The SMILES string of the molecule is Nc1cc(Cc2ccc(F)cc2F)c2nn[nH]c2n1. The van der Waals surface area contributed by atoms with E-state index in [-0.39, 0.29) is 12.2 Å². The van der Waals surface area contributed by atoms with Gasteiger partial charge in [0.1, 0.15) is 23.0 Å². The predicted molar refractivity (Wildman–Crippen MR) is 65.3 cm³/mol. The van der Waals surface area contributed by atoms with E-state index in [4.69, 9.17) is 5.73 Å². The van der Waals surface area contributed by atoms with Crippen LogP contribution in [0.25, 0.3) is 11.2 Å². The second-order valence-electron chi connectivity index (χ2n) is 4.13. The van der Waals surface area contributed by atoms with Crippen molar-refractivity contribution in [1.29, 1.82) is 0 Å². The molecule has 0 unspecified atom stereocenters. The molecule has 0 aliphatic rings. The Morgan fingerprint density at radius 3 is 2.79 bits per heavy atom. The van der Waals surface area contributed by atoms with Gasteiger partial charge >= 0.3 is 0 Å². The number of halogens is 2. The highest BCUT2D eigenvalue weighted by molar-refractivity contribution is 5.76. The highest BCUT2D eigenvalue weighted by atomic mass is 19.1. The minimum atomic E-state index is -0.609. The van der Waals surface area contributed by atoms with E-state index in [9.17, 15) is 8.78 Å². The molecule has 2 aromatic heterocycles. The molecule has 0 aliphatic heterocycles. The number of nitrogens with two attached hydrogens (primary N) is 1. The lowest BCUT2D eigenvalue weighted by molar-refractivity contribution is 0.574. The Hall–Kier alpha value is -2.57. The molecule has 96 valence electrons. The van der Waals surface area contributed by atoms with Crippen LogP contribution in [0.1, 0.15) is 11.1 Å². The molecule has 7 heteroatoms. The number of aromatic amines is 1. The molecule has 0 aliphatic carbocycles. The van der Waals surface area contributed by atoms with Crippen LogP contribution in [0.4, 0.5) is 14.6 Å². The first-order chi connectivity index (χ1) is 9.13. The van der Waals surface area contributed by atoms with Gasteiger partial charge in [-0.1, -0.05) is 11.3 Å². The summed E-state index contributed by atoms with van der Waals surface area (Å²) in [6, 6.07) is 5.06. The third kappa shape index (κ3) is 2.10. The van der Waals surface area contributed by atoms with Gasteiger partial charge < -0.3 is 5.73 Å². The molecule has 0 bridgehead atoms. The van der Waals surface area contributed by atoms with E-state index in [1.807, 2.05) is 0 Å². The zero-order chi connectivity index (χ0) is 13.4. The quantitative estimate of drug-likeness (QED) is 0.737. The van der Waals surface area contributed by atoms with E-state index in [1.165, 1.54) is 12.1 Å². The predicted octanol–water partition coefficient (Wildman–Crippen LogP) is 1.80. The van der Waals surface area contributed by atoms with Crippen molar-refractivity contribution in [2.45, 2.75) is 6.42 Å². The number of H-pyrrole nitrogens is 1. The van der Waals surface area contributed by atoms with E-state index in [1.54, 1.807) is 6.07 Å². The summed E-state index contributed by atoms with van der Waals surface area (Å²) in [5, 5.41) is 10.1. The molecule has 0 saturated carbocycles. The lowest BCUT2D eigenvalue weighted by Crippen LogP contribution is -1.98. The number of aromatic nitrogens is 4. The van der Waals surface area contributed by atoms with Crippen molar-refractivity contribution in [2.75, 3.05) is 5.73 Å². The maximum atomic E-state index is 13.6. The van der Waals surface area contributed by atoms with Gasteiger partial charge in [-0.05, 0) is 23.3 Å². The fourth-order valence-electron chi connectivity index (χ4n) is 1.93. The number of anilines is 1. The van der Waals surface area contributed by atoms with Crippen molar-refractivity contribution in [3.63, 3.8) is 0 Å². The van der Waals surface area contributed by atoms with Crippen LogP contribution in [0, 0.1) is 11.6 Å². The molecular formula is C12H9F2N5. The second kappa shape index (κ2) is 4.27. The number of hydrogen-bond donors (Lipinski definition) is 2. The summed E-state index contributed by atoms with van der Waals surface area (Å²) >= 11 is 0. The van der Waals surface area contributed by atoms with Gasteiger partial charge in [-0.25, -0.2) is 18.9 Å².